The van der Waals surface area contributed by atoms with Gasteiger partial charge >= 0.3 is 0 Å². The van der Waals surface area contributed by atoms with Crippen LogP contribution in [0.2, 0.25) is 0 Å². The van der Waals surface area contributed by atoms with Crippen molar-refractivity contribution in [1.82, 2.24) is 4.90 Å². The van der Waals surface area contributed by atoms with E-state index in [0.717, 1.165) is 36.8 Å². The van der Waals surface area contributed by atoms with Crippen LogP contribution in [0.3, 0.4) is 0 Å². The second-order valence-electron chi connectivity index (χ2n) is 8.84. The van der Waals surface area contributed by atoms with Gasteiger partial charge in [0.05, 0.1) is 23.3 Å². The van der Waals surface area contributed by atoms with Gasteiger partial charge in [0.15, 0.2) is 0 Å². The molecule has 2 aliphatic rings. The van der Waals surface area contributed by atoms with Crippen molar-refractivity contribution >= 4 is 27.5 Å². The molecule has 7 heteroatoms. The molecule has 0 radical (unpaired) electrons. The number of likely N-dealkylation sites (tertiary alicyclic amines) is 1. The molecule has 1 N–H and O–H groups in total. The van der Waals surface area contributed by atoms with Crippen LogP contribution < -0.4 is 4.72 Å². The molecule has 0 bridgehead atoms. The van der Waals surface area contributed by atoms with Gasteiger partial charge in [-0.1, -0.05) is 31.0 Å². The molecule has 1 saturated carbocycles. The van der Waals surface area contributed by atoms with E-state index < -0.39 is 10.0 Å². The Balaban J connectivity index is 1.60. The third-order valence-corrected chi connectivity index (χ3v) is 7.81. The van der Waals surface area contributed by atoms with Gasteiger partial charge in [0.1, 0.15) is 0 Å². The van der Waals surface area contributed by atoms with Crippen molar-refractivity contribution in [3.8, 4) is 0 Å². The molecule has 1 aliphatic carbocycles. The summed E-state index contributed by atoms with van der Waals surface area (Å²) < 4.78 is 28.9. The average Bonchev–Trinajstić information content (AvgIpc) is 2.93. The van der Waals surface area contributed by atoms with Crippen molar-refractivity contribution in [2.24, 2.45) is 11.8 Å². The number of hydrogen-bond acceptors (Lipinski definition) is 4. The van der Waals surface area contributed by atoms with Gasteiger partial charge in [-0.15, -0.1) is 0 Å². The molecular formula is C24H28N2O4S. The van der Waals surface area contributed by atoms with Crippen LogP contribution in [0.25, 0.3) is 0 Å². The number of nitrogens with zero attached hydrogens (tertiary/aromatic N) is 1. The lowest BCUT2D eigenvalue weighted by Gasteiger charge is -2.19. The number of benzene rings is 2. The Bertz CT molecular complexity index is 1110. The molecular weight excluding hydrogens is 412 g/mol. The Kier molecular flexibility index (Phi) is 5.64. The summed E-state index contributed by atoms with van der Waals surface area (Å²) in [6.45, 7) is 5.67. The van der Waals surface area contributed by atoms with Crippen molar-refractivity contribution in [2.75, 3.05) is 4.72 Å². The lowest BCUT2D eigenvalue weighted by atomic mass is 9.81. The number of carbonyl (C=O) groups is 2. The van der Waals surface area contributed by atoms with Crippen molar-refractivity contribution in [3.63, 3.8) is 0 Å². The SMILES string of the molecule is Cc1cc(C)cc(NS(=O)(=O)c2cc(CN3C(=O)[C@@H]4CCCC[C@H]4C3=O)ccc2C)c1. The quantitative estimate of drug-likeness (QED) is 0.710. The van der Waals surface area contributed by atoms with Crippen LogP contribution in [-0.4, -0.2) is 25.1 Å². The number of anilines is 1. The summed E-state index contributed by atoms with van der Waals surface area (Å²) in [5.74, 6) is -0.650. The van der Waals surface area contributed by atoms with Gasteiger partial charge < -0.3 is 0 Å². The molecule has 2 fully saturated rings. The van der Waals surface area contributed by atoms with E-state index in [2.05, 4.69) is 4.72 Å². The third kappa shape index (κ3) is 4.24. The second kappa shape index (κ2) is 8.11. The maximum atomic E-state index is 13.1. The monoisotopic (exact) mass is 440 g/mol. The van der Waals surface area contributed by atoms with E-state index in [4.69, 9.17) is 0 Å². The molecule has 164 valence electrons. The zero-order valence-corrected chi connectivity index (χ0v) is 19.0. The number of nitrogens with one attached hydrogen (secondary N) is 1. The van der Waals surface area contributed by atoms with Crippen molar-refractivity contribution in [3.05, 3.63) is 58.7 Å². The highest BCUT2D eigenvalue weighted by atomic mass is 32.2. The van der Waals surface area contributed by atoms with Gasteiger partial charge in [-0.25, -0.2) is 8.42 Å². The Labute approximate surface area is 183 Å². The standard InChI is InChI=1S/C24H28N2O4S/c1-15-10-16(2)12-19(11-15)25-31(29,30)22-13-18(9-8-17(22)3)14-26-23(27)20-6-4-5-7-21(20)24(26)28/h8-13,20-21,25H,4-7,14H2,1-3H3/t20-,21-/m1/s1. The number of amides is 2. The molecule has 0 unspecified atom stereocenters. The summed E-state index contributed by atoms with van der Waals surface area (Å²) in [5.41, 5.74) is 3.68. The van der Waals surface area contributed by atoms with Crippen LogP contribution in [0.4, 0.5) is 5.69 Å². The fourth-order valence-electron chi connectivity index (χ4n) is 4.85. The van der Waals surface area contributed by atoms with Crippen molar-refractivity contribution in [1.29, 1.82) is 0 Å². The van der Waals surface area contributed by atoms with Gasteiger partial charge in [-0.3, -0.25) is 19.2 Å². The number of imide groups is 1. The minimum atomic E-state index is -3.82. The first-order chi connectivity index (χ1) is 14.7. The normalized spacial score (nSPS) is 21.3. The van der Waals surface area contributed by atoms with Gasteiger partial charge in [-0.2, -0.15) is 0 Å². The topological polar surface area (TPSA) is 83.6 Å². The van der Waals surface area contributed by atoms with E-state index in [-0.39, 0.29) is 35.1 Å². The van der Waals surface area contributed by atoms with Crippen molar-refractivity contribution < 1.29 is 18.0 Å². The molecule has 1 aliphatic heterocycles. The number of fused-ring (bicyclic) bond motifs is 1. The molecule has 2 amide bonds. The van der Waals surface area contributed by atoms with Crippen molar-refractivity contribution in [2.45, 2.75) is 57.9 Å². The van der Waals surface area contributed by atoms with Crippen LogP contribution in [0.5, 0.6) is 0 Å². The lowest BCUT2D eigenvalue weighted by Crippen LogP contribution is -2.30. The summed E-state index contributed by atoms with van der Waals surface area (Å²) in [6, 6.07) is 10.6. The zero-order valence-electron chi connectivity index (χ0n) is 18.1. The Morgan fingerprint density at radius 3 is 2.06 bits per heavy atom. The molecule has 0 aromatic heterocycles. The van der Waals surface area contributed by atoms with E-state index in [1.807, 2.05) is 19.9 Å². The molecule has 31 heavy (non-hydrogen) atoms. The summed E-state index contributed by atoms with van der Waals surface area (Å²) >= 11 is 0. The van der Waals surface area contributed by atoms with Gasteiger partial charge in [0.2, 0.25) is 11.8 Å². The van der Waals surface area contributed by atoms with Gasteiger partial charge in [-0.05, 0) is 74.1 Å². The Morgan fingerprint density at radius 2 is 1.48 bits per heavy atom. The average molecular weight is 441 g/mol. The van der Waals surface area contributed by atoms with E-state index in [0.29, 0.717) is 16.8 Å². The van der Waals surface area contributed by atoms with E-state index >= 15 is 0 Å². The van der Waals surface area contributed by atoms with Crippen LogP contribution in [0.1, 0.15) is 47.9 Å². The summed E-state index contributed by atoms with van der Waals surface area (Å²) in [6.07, 6.45) is 3.48. The molecule has 4 rings (SSSR count). The van der Waals surface area contributed by atoms with Crippen LogP contribution in [-0.2, 0) is 26.2 Å². The molecule has 2 aromatic carbocycles. The highest BCUT2D eigenvalue weighted by Crippen LogP contribution is 2.38. The molecule has 1 saturated heterocycles. The summed E-state index contributed by atoms with van der Waals surface area (Å²) in [4.78, 5) is 27.0. The fourth-order valence-corrected chi connectivity index (χ4v) is 6.18. The third-order valence-electron chi connectivity index (χ3n) is 6.29. The smallest absolute Gasteiger partial charge is 0.262 e. The van der Waals surface area contributed by atoms with Crippen LogP contribution in [0, 0.1) is 32.6 Å². The second-order valence-corrected chi connectivity index (χ2v) is 10.5. The number of aryl methyl sites for hydroxylation is 3. The highest BCUT2D eigenvalue weighted by Gasteiger charge is 2.47. The molecule has 6 nitrogen and oxygen atoms in total. The number of rotatable bonds is 5. The fraction of sp³-hybridized carbons (Fsp3) is 0.417. The largest absolute Gasteiger partial charge is 0.280 e. The predicted molar refractivity (Wildman–Crippen MR) is 119 cm³/mol. The minimum absolute atomic E-state index is 0.108. The molecule has 0 spiro atoms. The summed E-state index contributed by atoms with van der Waals surface area (Å²) in [5, 5.41) is 0. The van der Waals surface area contributed by atoms with E-state index in [9.17, 15) is 18.0 Å². The first kappa shape index (κ1) is 21.6. The minimum Gasteiger partial charge on any atom is -0.280 e. The first-order valence-corrected chi connectivity index (χ1v) is 12.2. The zero-order chi connectivity index (χ0) is 22.3. The lowest BCUT2D eigenvalue weighted by molar-refractivity contribution is -0.140. The summed E-state index contributed by atoms with van der Waals surface area (Å²) in [7, 11) is -3.82. The number of sulfonamides is 1. The Hall–Kier alpha value is -2.67. The van der Waals surface area contributed by atoms with Gasteiger partial charge in [0.25, 0.3) is 10.0 Å². The highest BCUT2D eigenvalue weighted by molar-refractivity contribution is 7.92. The Morgan fingerprint density at radius 1 is 0.903 bits per heavy atom. The molecule has 2 aromatic rings. The number of carbonyl (C=O) groups excluding carboxylic acids is 2. The first-order valence-electron chi connectivity index (χ1n) is 10.7. The van der Waals surface area contributed by atoms with Crippen LogP contribution >= 0.6 is 0 Å². The van der Waals surface area contributed by atoms with E-state index in [1.54, 1.807) is 37.3 Å². The van der Waals surface area contributed by atoms with Gasteiger partial charge in [0, 0.05) is 5.69 Å². The molecule has 2 atom stereocenters. The number of hydrogen-bond donors (Lipinski definition) is 1. The maximum Gasteiger partial charge on any atom is 0.262 e. The van der Waals surface area contributed by atoms with Crippen LogP contribution in [0.15, 0.2) is 41.3 Å². The van der Waals surface area contributed by atoms with E-state index in [1.165, 1.54) is 4.90 Å². The maximum absolute atomic E-state index is 13.1. The molecule has 1 heterocycles. The predicted octanol–water partition coefficient (Wildman–Crippen LogP) is 4.09.